The highest BCUT2D eigenvalue weighted by molar-refractivity contribution is 9.11. The van der Waals surface area contributed by atoms with Gasteiger partial charge in [-0.2, -0.15) is 5.10 Å². The van der Waals surface area contributed by atoms with E-state index >= 15 is 0 Å². The van der Waals surface area contributed by atoms with Crippen LogP contribution in [0.5, 0.6) is 0 Å². The fraction of sp³-hybridized carbons (Fsp3) is 0. The Labute approximate surface area is 137 Å². The number of H-pyrrole nitrogens is 1. The molecular weight excluding hydrogens is 381 g/mol. The zero-order chi connectivity index (χ0) is 14.3. The maximum Gasteiger partial charge on any atom is 0.153 e. The van der Waals surface area contributed by atoms with E-state index in [1.165, 1.54) is 0 Å². The van der Waals surface area contributed by atoms with Crippen LogP contribution in [0.4, 0.5) is 5.82 Å². The molecule has 3 nitrogen and oxygen atoms in total. The third-order valence-corrected chi connectivity index (χ3v) is 5.10. The lowest BCUT2D eigenvalue weighted by molar-refractivity contribution is 1.10. The molecule has 1 aromatic carbocycles. The lowest BCUT2D eigenvalue weighted by Gasteiger charge is -2.05. The van der Waals surface area contributed by atoms with Crippen LogP contribution in [0.25, 0.3) is 22.4 Å². The molecule has 0 aliphatic rings. The van der Waals surface area contributed by atoms with Gasteiger partial charge in [0, 0.05) is 10.9 Å². The van der Waals surface area contributed by atoms with Crippen LogP contribution in [0.2, 0.25) is 10.0 Å². The Morgan fingerprint density at radius 1 is 1.15 bits per heavy atom. The molecule has 0 amide bonds. The number of hydrogen-bond donors (Lipinski definition) is 2. The molecule has 7 heteroatoms. The number of hydrogen-bond acceptors (Lipinski definition) is 3. The number of aromatic amines is 1. The molecule has 0 fully saturated rings. The molecule has 0 aliphatic heterocycles. The molecule has 2 aromatic heterocycles. The third-order valence-electron chi connectivity index (χ3n) is 2.86. The number of anilines is 1. The Kier molecular flexibility index (Phi) is 3.77. The number of thiophene rings is 1. The predicted octanol–water partition coefficient (Wildman–Crippen LogP) is 5.46. The lowest BCUT2D eigenvalue weighted by Crippen LogP contribution is -1.88. The minimum absolute atomic E-state index is 0.431. The van der Waals surface area contributed by atoms with E-state index in [4.69, 9.17) is 28.9 Å². The van der Waals surface area contributed by atoms with Crippen molar-refractivity contribution in [3.8, 4) is 22.4 Å². The highest BCUT2D eigenvalue weighted by atomic mass is 79.9. The van der Waals surface area contributed by atoms with Crippen molar-refractivity contribution in [3.05, 3.63) is 43.5 Å². The average molecular weight is 389 g/mol. The molecule has 2 heterocycles. The van der Waals surface area contributed by atoms with Gasteiger partial charge in [0.05, 0.1) is 25.1 Å². The minimum atomic E-state index is 0.431. The first-order chi connectivity index (χ1) is 9.56. The second-order valence-corrected chi connectivity index (χ2v) is 7.23. The van der Waals surface area contributed by atoms with Gasteiger partial charge in [-0.05, 0) is 39.7 Å². The number of halogens is 3. The number of aromatic nitrogens is 2. The van der Waals surface area contributed by atoms with E-state index in [1.54, 1.807) is 23.5 Å². The predicted molar refractivity (Wildman–Crippen MR) is 89.5 cm³/mol. The van der Waals surface area contributed by atoms with E-state index in [2.05, 4.69) is 26.1 Å². The summed E-state index contributed by atoms with van der Waals surface area (Å²) in [5.74, 6) is 0.431. The summed E-state index contributed by atoms with van der Waals surface area (Å²) >= 11 is 17.1. The Bertz CT molecular complexity index is 782. The summed E-state index contributed by atoms with van der Waals surface area (Å²) < 4.78 is 1.04. The van der Waals surface area contributed by atoms with Gasteiger partial charge in [0.25, 0.3) is 0 Å². The second-order valence-electron chi connectivity index (χ2n) is 4.13. The fourth-order valence-corrected chi connectivity index (χ4v) is 3.40. The summed E-state index contributed by atoms with van der Waals surface area (Å²) in [4.78, 5) is 0. The Morgan fingerprint density at radius 2 is 1.95 bits per heavy atom. The van der Waals surface area contributed by atoms with Gasteiger partial charge >= 0.3 is 0 Å². The summed E-state index contributed by atoms with van der Waals surface area (Å²) in [5, 5.41) is 10.1. The van der Waals surface area contributed by atoms with E-state index in [0.29, 0.717) is 15.9 Å². The number of benzene rings is 1. The number of rotatable bonds is 2. The quantitative estimate of drug-likeness (QED) is 0.612. The van der Waals surface area contributed by atoms with Crippen molar-refractivity contribution in [1.82, 2.24) is 10.2 Å². The molecule has 0 saturated carbocycles. The van der Waals surface area contributed by atoms with Gasteiger partial charge in [-0.3, -0.25) is 5.10 Å². The zero-order valence-electron chi connectivity index (χ0n) is 9.95. The maximum absolute atomic E-state index is 6.08. The van der Waals surface area contributed by atoms with Crippen LogP contribution in [0, 0.1) is 0 Å². The van der Waals surface area contributed by atoms with E-state index < -0.39 is 0 Å². The van der Waals surface area contributed by atoms with E-state index in [1.807, 2.05) is 17.5 Å². The van der Waals surface area contributed by atoms with Crippen molar-refractivity contribution < 1.29 is 0 Å². The number of nitrogens with one attached hydrogen (secondary N) is 1. The van der Waals surface area contributed by atoms with Crippen molar-refractivity contribution in [2.45, 2.75) is 0 Å². The molecule has 0 spiro atoms. The summed E-state index contributed by atoms with van der Waals surface area (Å²) in [6.07, 6.45) is 0. The second kappa shape index (κ2) is 5.41. The van der Waals surface area contributed by atoms with E-state index in [-0.39, 0.29) is 0 Å². The van der Waals surface area contributed by atoms with Crippen LogP contribution in [0.3, 0.4) is 0 Å². The van der Waals surface area contributed by atoms with Crippen LogP contribution in [0.15, 0.2) is 33.4 Å². The SMILES string of the molecule is Nc1n[nH]c(-c2csc(Br)c2)c1-c1ccc(Cl)c(Cl)c1. The highest BCUT2D eigenvalue weighted by Gasteiger charge is 2.16. The molecule has 0 unspecified atom stereocenters. The fourth-order valence-electron chi connectivity index (χ4n) is 1.95. The molecule has 3 rings (SSSR count). The van der Waals surface area contributed by atoms with Crippen molar-refractivity contribution in [2.24, 2.45) is 0 Å². The van der Waals surface area contributed by atoms with E-state index in [0.717, 1.165) is 26.2 Å². The van der Waals surface area contributed by atoms with Gasteiger partial charge in [0.1, 0.15) is 0 Å². The summed E-state index contributed by atoms with van der Waals surface area (Å²) in [5.41, 5.74) is 9.57. The van der Waals surface area contributed by atoms with Crippen molar-refractivity contribution in [3.63, 3.8) is 0 Å². The largest absolute Gasteiger partial charge is 0.382 e. The van der Waals surface area contributed by atoms with Crippen LogP contribution in [-0.4, -0.2) is 10.2 Å². The molecule has 3 N–H and O–H groups in total. The van der Waals surface area contributed by atoms with Crippen molar-refractivity contribution in [1.29, 1.82) is 0 Å². The molecule has 20 heavy (non-hydrogen) atoms. The molecule has 102 valence electrons. The third kappa shape index (κ3) is 2.46. The Balaban J connectivity index is 2.18. The smallest absolute Gasteiger partial charge is 0.153 e. The molecule has 0 atom stereocenters. The maximum atomic E-state index is 6.08. The summed E-state index contributed by atoms with van der Waals surface area (Å²) in [6, 6.07) is 7.42. The normalized spacial score (nSPS) is 10.9. The van der Waals surface area contributed by atoms with Gasteiger partial charge < -0.3 is 5.73 Å². The van der Waals surface area contributed by atoms with Crippen LogP contribution < -0.4 is 5.73 Å². The lowest BCUT2D eigenvalue weighted by atomic mass is 10.0. The number of nitrogen functional groups attached to an aromatic ring is 1. The average Bonchev–Trinajstić information content (AvgIpc) is 2.99. The zero-order valence-corrected chi connectivity index (χ0v) is 13.9. The molecule has 0 bridgehead atoms. The summed E-state index contributed by atoms with van der Waals surface area (Å²) in [6.45, 7) is 0. The van der Waals surface area contributed by atoms with Crippen LogP contribution in [0.1, 0.15) is 0 Å². The molecular formula is C13H8BrCl2N3S. The molecule has 0 aliphatic carbocycles. The van der Waals surface area contributed by atoms with E-state index in [9.17, 15) is 0 Å². The van der Waals surface area contributed by atoms with Crippen LogP contribution >= 0.6 is 50.5 Å². The van der Waals surface area contributed by atoms with Gasteiger partial charge in [0.15, 0.2) is 5.82 Å². The Morgan fingerprint density at radius 3 is 2.60 bits per heavy atom. The first kappa shape index (κ1) is 13.9. The van der Waals surface area contributed by atoms with Gasteiger partial charge in [-0.15, -0.1) is 11.3 Å². The number of nitrogens with two attached hydrogens (primary N) is 1. The topological polar surface area (TPSA) is 54.7 Å². The standard InChI is InChI=1S/C13H8BrCl2N3S/c14-10-4-7(5-20-10)12-11(13(17)19-18-12)6-1-2-8(15)9(16)3-6/h1-5H,(H3,17,18,19). The van der Waals surface area contributed by atoms with Gasteiger partial charge in [-0.25, -0.2) is 0 Å². The molecule has 3 aromatic rings. The highest BCUT2D eigenvalue weighted by Crippen LogP contribution is 2.39. The Hall–Kier alpha value is -1.01. The van der Waals surface area contributed by atoms with Crippen LogP contribution in [-0.2, 0) is 0 Å². The first-order valence-electron chi connectivity index (χ1n) is 5.60. The number of nitrogens with zero attached hydrogens (tertiary/aromatic N) is 1. The first-order valence-corrected chi connectivity index (χ1v) is 8.03. The summed E-state index contributed by atoms with van der Waals surface area (Å²) in [7, 11) is 0. The van der Waals surface area contributed by atoms with Gasteiger partial charge in [0.2, 0.25) is 0 Å². The van der Waals surface area contributed by atoms with Crippen molar-refractivity contribution >= 4 is 56.3 Å². The molecule has 0 radical (unpaired) electrons. The monoisotopic (exact) mass is 387 g/mol. The van der Waals surface area contributed by atoms with Crippen molar-refractivity contribution in [2.75, 3.05) is 5.73 Å². The van der Waals surface area contributed by atoms with Gasteiger partial charge in [-0.1, -0.05) is 29.3 Å². The minimum Gasteiger partial charge on any atom is -0.382 e. The molecule has 0 saturated heterocycles.